The normalized spacial score (nSPS) is 20.5. The average molecular weight is 410 g/mol. The maximum atomic E-state index is 12.7. The highest BCUT2D eigenvalue weighted by atomic mass is 35.5. The highest BCUT2D eigenvalue weighted by Crippen LogP contribution is 2.23. The number of rotatable bonds is 4. The molecule has 1 aromatic heterocycles. The first-order valence-electron chi connectivity index (χ1n) is 8.57. The van der Waals surface area contributed by atoms with Gasteiger partial charge in [0.15, 0.2) is 0 Å². The van der Waals surface area contributed by atoms with E-state index in [-0.39, 0.29) is 30.7 Å². The minimum atomic E-state index is -0.704. The summed E-state index contributed by atoms with van der Waals surface area (Å²) in [7, 11) is 0. The van der Waals surface area contributed by atoms with E-state index < -0.39 is 5.54 Å². The molecule has 25 heavy (non-hydrogen) atoms. The first-order valence-corrected chi connectivity index (χ1v) is 9.38. The van der Waals surface area contributed by atoms with E-state index >= 15 is 0 Å². The van der Waals surface area contributed by atoms with Crippen molar-refractivity contribution in [1.29, 1.82) is 0 Å². The van der Waals surface area contributed by atoms with Crippen molar-refractivity contribution in [2.75, 3.05) is 39.4 Å². The fraction of sp³-hybridized carbons (Fsp3) is 0.706. The van der Waals surface area contributed by atoms with E-state index in [0.717, 1.165) is 39.1 Å². The quantitative estimate of drug-likeness (QED) is 0.828. The van der Waals surface area contributed by atoms with Crippen LogP contribution in [0.2, 0.25) is 0 Å². The third-order valence-corrected chi connectivity index (χ3v) is 6.13. The molecule has 2 saturated heterocycles. The molecule has 3 rings (SSSR count). The predicted molar refractivity (Wildman–Crippen MR) is 107 cm³/mol. The molecule has 2 N–H and O–H groups in total. The van der Waals surface area contributed by atoms with Crippen molar-refractivity contribution in [3.05, 3.63) is 21.9 Å². The second-order valence-corrected chi connectivity index (χ2v) is 7.81. The number of thiophene rings is 1. The maximum Gasteiger partial charge on any atom is 0.242 e. The molecule has 0 bridgehead atoms. The number of carbonyl (C=O) groups excluding carboxylic acids is 1. The summed E-state index contributed by atoms with van der Waals surface area (Å²) in [5.74, 6) is 0.116. The largest absolute Gasteiger partial charge is 0.381 e. The summed E-state index contributed by atoms with van der Waals surface area (Å²) in [5, 5.41) is 0. The lowest BCUT2D eigenvalue weighted by atomic mass is 9.89. The van der Waals surface area contributed by atoms with Gasteiger partial charge in [0.05, 0.1) is 5.54 Å². The van der Waals surface area contributed by atoms with Crippen LogP contribution in [0.3, 0.4) is 0 Å². The van der Waals surface area contributed by atoms with Gasteiger partial charge >= 0.3 is 0 Å². The number of amides is 1. The molecular weight excluding hydrogens is 381 g/mol. The number of nitrogens with zero attached hydrogens (tertiary/aromatic N) is 2. The molecule has 5 nitrogen and oxygen atoms in total. The molecule has 2 fully saturated rings. The van der Waals surface area contributed by atoms with E-state index in [4.69, 9.17) is 10.5 Å². The number of hydrogen-bond acceptors (Lipinski definition) is 5. The first-order chi connectivity index (χ1) is 11.1. The molecule has 0 radical (unpaired) electrons. The number of ether oxygens (including phenoxy) is 1. The number of hydrogen-bond donors (Lipinski definition) is 1. The van der Waals surface area contributed by atoms with Crippen molar-refractivity contribution in [3.63, 3.8) is 0 Å². The third-order valence-electron chi connectivity index (χ3n) is 4.92. The number of halogens is 2. The summed E-state index contributed by atoms with van der Waals surface area (Å²) in [4.78, 5) is 20.0. The predicted octanol–water partition coefficient (Wildman–Crippen LogP) is 2.31. The Bertz CT molecular complexity index is 542. The van der Waals surface area contributed by atoms with Gasteiger partial charge in [0.1, 0.15) is 0 Å². The summed E-state index contributed by atoms with van der Waals surface area (Å²) in [6.45, 7) is 7.80. The minimum absolute atomic E-state index is 0. The van der Waals surface area contributed by atoms with E-state index in [1.807, 2.05) is 16.2 Å². The van der Waals surface area contributed by atoms with Gasteiger partial charge in [-0.05, 0) is 31.4 Å². The second kappa shape index (κ2) is 10.1. The van der Waals surface area contributed by atoms with Crippen LogP contribution in [-0.2, 0) is 22.5 Å². The molecule has 0 spiro atoms. The summed E-state index contributed by atoms with van der Waals surface area (Å²) in [5.41, 5.74) is 5.62. The van der Waals surface area contributed by atoms with Crippen LogP contribution in [0.25, 0.3) is 0 Å². The van der Waals surface area contributed by atoms with Crippen LogP contribution in [0.1, 0.15) is 29.5 Å². The lowest BCUT2D eigenvalue weighted by Gasteiger charge is -2.40. The SMILES string of the molecule is CCc1ccc(CN2CCN(C(=O)C3(N)CCOCC3)CC2)s1.Cl.Cl. The van der Waals surface area contributed by atoms with Crippen LogP contribution in [0, 0.1) is 0 Å². The minimum Gasteiger partial charge on any atom is -0.381 e. The molecule has 2 aliphatic heterocycles. The van der Waals surface area contributed by atoms with Gasteiger partial charge in [0.2, 0.25) is 5.91 Å². The van der Waals surface area contributed by atoms with E-state index in [1.54, 1.807) is 0 Å². The second-order valence-electron chi connectivity index (χ2n) is 6.56. The lowest BCUT2D eigenvalue weighted by molar-refractivity contribution is -0.142. The van der Waals surface area contributed by atoms with E-state index in [1.165, 1.54) is 9.75 Å². The fourth-order valence-corrected chi connectivity index (χ4v) is 4.29. The third kappa shape index (κ3) is 5.55. The van der Waals surface area contributed by atoms with Crippen molar-refractivity contribution in [2.45, 2.75) is 38.3 Å². The van der Waals surface area contributed by atoms with Gasteiger partial charge in [0.25, 0.3) is 0 Å². The number of carbonyl (C=O) groups is 1. The van der Waals surface area contributed by atoms with Gasteiger partial charge in [-0.1, -0.05) is 6.92 Å². The van der Waals surface area contributed by atoms with E-state index in [0.29, 0.717) is 26.1 Å². The Morgan fingerprint density at radius 2 is 1.76 bits per heavy atom. The molecule has 144 valence electrons. The van der Waals surface area contributed by atoms with Crippen molar-refractivity contribution >= 4 is 42.1 Å². The molecule has 1 amide bonds. The molecule has 0 saturated carbocycles. The topological polar surface area (TPSA) is 58.8 Å². The Morgan fingerprint density at radius 1 is 1.16 bits per heavy atom. The molecule has 0 aromatic carbocycles. The summed E-state index contributed by atoms with van der Waals surface area (Å²) in [6.07, 6.45) is 2.39. The molecule has 1 aromatic rings. The zero-order valence-corrected chi connectivity index (χ0v) is 17.2. The average Bonchev–Trinajstić information content (AvgIpc) is 3.03. The van der Waals surface area contributed by atoms with Crippen LogP contribution >= 0.6 is 36.2 Å². The molecule has 0 unspecified atom stereocenters. The Kier molecular flexibility index (Phi) is 9.15. The van der Waals surface area contributed by atoms with Crippen molar-refractivity contribution < 1.29 is 9.53 Å². The monoisotopic (exact) mass is 409 g/mol. The smallest absolute Gasteiger partial charge is 0.242 e. The maximum absolute atomic E-state index is 12.7. The van der Waals surface area contributed by atoms with Crippen molar-refractivity contribution in [1.82, 2.24) is 9.80 Å². The summed E-state index contributed by atoms with van der Waals surface area (Å²) < 4.78 is 5.34. The Labute approximate surface area is 166 Å². The molecule has 8 heteroatoms. The van der Waals surface area contributed by atoms with Crippen molar-refractivity contribution in [2.24, 2.45) is 5.73 Å². The van der Waals surface area contributed by atoms with Gasteiger partial charge in [-0.2, -0.15) is 0 Å². The van der Waals surface area contributed by atoms with Crippen LogP contribution in [0.4, 0.5) is 0 Å². The van der Waals surface area contributed by atoms with Crippen LogP contribution in [-0.4, -0.2) is 60.6 Å². The standard InChI is InChI=1S/C17H27N3O2S.2ClH/c1-2-14-3-4-15(23-14)13-19-7-9-20(10-8-19)16(21)17(18)5-11-22-12-6-17;;/h3-4H,2,5-13,18H2,1H3;2*1H. The molecule has 0 atom stereocenters. The van der Waals surface area contributed by atoms with Crippen molar-refractivity contribution in [3.8, 4) is 0 Å². The van der Waals surface area contributed by atoms with Gasteiger partial charge in [0, 0.05) is 55.7 Å². The van der Waals surface area contributed by atoms with Gasteiger partial charge in [-0.25, -0.2) is 0 Å². The fourth-order valence-electron chi connectivity index (χ4n) is 3.29. The van der Waals surface area contributed by atoms with Crippen LogP contribution in [0.15, 0.2) is 12.1 Å². The number of nitrogens with two attached hydrogens (primary N) is 1. The zero-order chi connectivity index (χ0) is 16.3. The first kappa shape index (κ1) is 22.7. The molecule has 2 aliphatic rings. The molecular formula is C17H29Cl2N3O2S. The molecule has 0 aliphatic carbocycles. The van der Waals surface area contributed by atoms with Crippen LogP contribution in [0.5, 0.6) is 0 Å². The lowest BCUT2D eigenvalue weighted by Crippen LogP contribution is -2.61. The summed E-state index contributed by atoms with van der Waals surface area (Å²) >= 11 is 1.90. The molecule has 3 heterocycles. The van der Waals surface area contributed by atoms with Gasteiger partial charge in [-0.15, -0.1) is 36.2 Å². The number of piperazine rings is 1. The van der Waals surface area contributed by atoms with E-state index in [2.05, 4.69) is 24.0 Å². The van der Waals surface area contributed by atoms with Gasteiger partial charge < -0.3 is 15.4 Å². The van der Waals surface area contributed by atoms with Gasteiger partial charge in [-0.3, -0.25) is 9.69 Å². The van der Waals surface area contributed by atoms with Crippen LogP contribution < -0.4 is 5.73 Å². The zero-order valence-electron chi connectivity index (χ0n) is 14.7. The Hall–Kier alpha value is -0.370. The van der Waals surface area contributed by atoms with E-state index in [9.17, 15) is 4.79 Å². The Balaban J connectivity index is 0.00000156. The highest BCUT2D eigenvalue weighted by Gasteiger charge is 2.39. The highest BCUT2D eigenvalue weighted by molar-refractivity contribution is 7.11. The number of aryl methyl sites for hydroxylation is 1. The Morgan fingerprint density at radius 3 is 2.32 bits per heavy atom. The summed E-state index contributed by atoms with van der Waals surface area (Å²) in [6, 6.07) is 4.46.